The molecule has 2 heteroatoms. The van der Waals surface area contributed by atoms with E-state index in [0.717, 1.165) is 11.2 Å². The minimum absolute atomic E-state index is 0.920. The van der Waals surface area contributed by atoms with E-state index in [1.54, 1.807) is 13.3 Å². The van der Waals surface area contributed by atoms with Crippen molar-refractivity contribution in [2.24, 2.45) is 0 Å². The zero-order chi connectivity index (χ0) is 15.6. The second-order valence-corrected chi connectivity index (χ2v) is 6.47. The van der Waals surface area contributed by atoms with Crippen LogP contribution in [0.3, 0.4) is 0 Å². The van der Waals surface area contributed by atoms with Crippen molar-refractivity contribution in [1.82, 2.24) is 0 Å². The fourth-order valence-corrected chi connectivity index (χ4v) is 2.79. The third-order valence-corrected chi connectivity index (χ3v) is 4.19. The van der Waals surface area contributed by atoms with Crippen LogP contribution in [0.4, 0.5) is 0 Å². The van der Waals surface area contributed by atoms with Crippen LogP contribution in [0.15, 0.2) is 0 Å². The highest BCUT2D eigenvalue weighted by molar-refractivity contribution is 5.50. The standard InChI is InChI=1S/C19H39NO/c1-3-4-5-6-7-8-9-10-11-12-13-14-15-16-17-18-19-20(2)21/h19H,3-18H2,1-2H3. The Morgan fingerprint density at radius 1 is 0.619 bits per heavy atom. The maximum Gasteiger partial charge on any atom is 0.150 e. The molecule has 0 atom stereocenters. The average molecular weight is 298 g/mol. The molecular formula is C19H39NO. The van der Waals surface area contributed by atoms with Crippen molar-refractivity contribution in [3.63, 3.8) is 0 Å². The second kappa shape index (κ2) is 17.5. The van der Waals surface area contributed by atoms with E-state index in [2.05, 4.69) is 6.92 Å². The van der Waals surface area contributed by atoms with Crippen LogP contribution < -0.4 is 0 Å². The molecule has 21 heavy (non-hydrogen) atoms. The van der Waals surface area contributed by atoms with Crippen molar-refractivity contribution in [1.29, 1.82) is 0 Å². The summed E-state index contributed by atoms with van der Waals surface area (Å²) in [5.41, 5.74) is 0. The van der Waals surface area contributed by atoms with Crippen molar-refractivity contribution >= 4 is 6.21 Å². The summed E-state index contributed by atoms with van der Waals surface area (Å²) in [5.74, 6) is 0. The highest BCUT2D eigenvalue weighted by atomic mass is 16.5. The summed E-state index contributed by atoms with van der Waals surface area (Å²) in [4.78, 5) is 0. The average Bonchev–Trinajstić information content (AvgIpc) is 2.46. The first-order valence-electron chi connectivity index (χ1n) is 9.50. The number of unbranched alkanes of at least 4 members (excludes halogenated alkanes) is 15. The first-order chi connectivity index (χ1) is 10.3. The smallest absolute Gasteiger partial charge is 0.150 e. The van der Waals surface area contributed by atoms with E-state index in [-0.39, 0.29) is 0 Å². The topological polar surface area (TPSA) is 26.1 Å². The minimum Gasteiger partial charge on any atom is -0.624 e. The van der Waals surface area contributed by atoms with Crippen molar-refractivity contribution < 1.29 is 4.74 Å². The highest BCUT2D eigenvalue weighted by Gasteiger charge is 1.94. The molecule has 2 nitrogen and oxygen atoms in total. The molecule has 0 aliphatic carbocycles. The van der Waals surface area contributed by atoms with Crippen molar-refractivity contribution in [2.75, 3.05) is 7.05 Å². The molecule has 0 saturated heterocycles. The Kier molecular flexibility index (Phi) is 17.1. The van der Waals surface area contributed by atoms with Gasteiger partial charge in [0.25, 0.3) is 0 Å². The largest absolute Gasteiger partial charge is 0.624 e. The van der Waals surface area contributed by atoms with Gasteiger partial charge in [0.2, 0.25) is 0 Å². The van der Waals surface area contributed by atoms with Gasteiger partial charge in [0.1, 0.15) is 7.05 Å². The van der Waals surface area contributed by atoms with Gasteiger partial charge in [0.15, 0.2) is 6.21 Å². The van der Waals surface area contributed by atoms with E-state index in [0.29, 0.717) is 0 Å². The Morgan fingerprint density at radius 3 is 1.29 bits per heavy atom. The van der Waals surface area contributed by atoms with E-state index in [4.69, 9.17) is 0 Å². The van der Waals surface area contributed by atoms with Crippen LogP contribution in [0, 0.1) is 5.21 Å². The van der Waals surface area contributed by atoms with E-state index in [1.807, 2.05) is 0 Å². The minimum atomic E-state index is 0.920. The molecule has 0 heterocycles. The van der Waals surface area contributed by atoms with Crippen LogP contribution in [-0.2, 0) is 0 Å². The van der Waals surface area contributed by atoms with Crippen LogP contribution in [0.5, 0.6) is 0 Å². The monoisotopic (exact) mass is 297 g/mol. The molecule has 0 bridgehead atoms. The quantitative estimate of drug-likeness (QED) is 0.105. The van der Waals surface area contributed by atoms with E-state index >= 15 is 0 Å². The highest BCUT2D eigenvalue weighted by Crippen LogP contribution is 2.13. The predicted molar refractivity (Wildman–Crippen MR) is 95.2 cm³/mol. The van der Waals surface area contributed by atoms with Gasteiger partial charge in [0.05, 0.1) is 0 Å². The summed E-state index contributed by atoms with van der Waals surface area (Å²) in [6, 6.07) is 0. The van der Waals surface area contributed by atoms with E-state index in [9.17, 15) is 5.21 Å². The van der Waals surface area contributed by atoms with Crippen molar-refractivity contribution in [3.05, 3.63) is 5.21 Å². The zero-order valence-corrected chi connectivity index (χ0v) is 14.7. The van der Waals surface area contributed by atoms with Gasteiger partial charge in [0, 0.05) is 6.42 Å². The van der Waals surface area contributed by atoms with Gasteiger partial charge in [-0.05, 0) is 6.42 Å². The molecule has 0 fully saturated rings. The Bertz CT molecular complexity index is 222. The maximum absolute atomic E-state index is 10.7. The van der Waals surface area contributed by atoms with Crippen LogP contribution in [0.2, 0.25) is 0 Å². The molecule has 0 unspecified atom stereocenters. The number of rotatable bonds is 16. The first-order valence-corrected chi connectivity index (χ1v) is 9.50. The molecule has 126 valence electrons. The first kappa shape index (κ1) is 20.5. The number of hydrogen-bond donors (Lipinski definition) is 0. The van der Waals surface area contributed by atoms with Crippen LogP contribution in [0.1, 0.15) is 110 Å². The lowest BCUT2D eigenvalue weighted by Crippen LogP contribution is -1.95. The lowest BCUT2D eigenvalue weighted by atomic mass is 10.0. The molecule has 0 rings (SSSR count). The normalized spacial score (nSPS) is 12.0. The predicted octanol–water partition coefficient (Wildman–Crippen LogP) is 6.46. The lowest BCUT2D eigenvalue weighted by Gasteiger charge is -2.03. The molecule has 0 aromatic rings. The third kappa shape index (κ3) is 19.5. The van der Waals surface area contributed by atoms with Gasteiger partial charge >= 0.3 is 0 Å². The molecule has 0 aromatic carbocycles. The Morgan fingerprint density at radius 2 is 0.952 bits per heavy atom. The van der Waals surface area contributed by atoms with Gasteiger partial charge in [-0.1, -0.05) is 96.8 Å². The third-order valence-electron chi connectivity index (χ3n) is 4.19. The Balaban J connectivity index is 2.98. The Hall–Kier alpha value is -0.530. The Labute approximate surface area is 133 Å². The zero-order valence-electron chi connectivity index (χ0n) is 14.7. The van der Waals surface area contributed by atoms with Crippen molar-refractivity contribution in [3.8, 4) is 0 Å². The summed E-state index contributed by atoms with van der Waals surface area (Å²) < 4.78 is 0.920. The molecule has 0 aromatic heterocycles. The van der Waals surface area contributed by atoms with Crippen molar-refractivity contribution in [2.45, 2.75) is 110 Å². The summed E-state index contributed by atoms with van der Waals surface area (Å²) in [7, 11) is 1.56. The van der Waals surface area contributed by atoms with Gasteiger partial charge in [-0.2, -0.15) is 0 Å². The van der Waals surface area contributed by atoms with Crippen LogP contribution in [-0.4, -0.2) is 18.0 Å². The molecule has 0 aliphatic heterocycles. The van der Waals surface area contributed by atoms with Gasteiger partial charge < -0.3 is 5.21 Å². The molecule has 0 radical (unpaired) electrons. The molecule has 0 aliphatic rings. The SMILES string of the molecule is CCCCCCCCCCCCCCCCCC=[N+](C)[O-]. The van der Waals surface area contributed by atoms with Crippen LogP contribution in [0.25, 0.3) is 0 Å². The van der Waals surface area contributed by atoms with Gasteiger partial charge in [-0.15, -0.1) is 0 Å². The molecule has 0 N–H and O–H groups in total. The maximum atomic E-state index is 10.7. The van der Waals surface area contributed by atoms with Crippen LogP contribution >= 0.6 is 0 Å². The van der Waals surface area contributed by atoms with Gasteiger partial charge in [-0.25, -0.2) is 4.74 Å². The molecule has 0 saturated carbocycles. The second-order valence-electron chi connectivity index (χ2n) is 6.47. The molecule has 0 amide bonds. The molecular weight excluding hydrogens is 258 g/mol. The van der Waals surface area contributed by atoms with Gasteiger partial charge in [-0.3, -0.25) is 0 Å². The number of hydroxylamine groups is 1. The fourth-order valence-electron chi connectivity index (χ4n) is 2.79. The summed E-state index contributed by atoms with van der Waals surface area (Å²) >= 11 is 0. The number of nitrogens with zero attached hydrogens (tertiary/aromatic N) is 1. The summed E-state index contributed by atoms with van der Waals surface area (Å²) in [6.45, 7) is 2.28. The number of hydrogen-bond acceptors (Lipinski definition) is 1. The summed E-state index contributed by atoms with van der Waals surface area (Å²) in [6.07, 6.45) is 23.6. The van der Waals surface area contributed by atoms with E-state index in [1.165, 1.54) is 96.3 Å². The van der Waals surface area contributed by atoms with E-state index < -0.39 is 0 Å². The molecule has 0 spiro atoms. The fraction of sp³-hybridized carbons (Fsp3) is 0.947. The summed E-state index contributed by atoms with van der Waals surface area (Å²) in [5, 5.41) is 10.7. The lowest BCUT2D eigenvalue weighted by molar-refractivity contribution is -0.418.